The molecule has 1 N–H and O–H groups in total. The van der Waals surface area contributed by atoms with Crippen molar-refractivity contribution in [1.29, 1.82) is 0 Å². The molecule has 0 aliphatic rings. The smallest absolute Gasteiger partial charge is 0.262 e. The van der Waals surface area contributed by atoms with Crippen LogP contribution in [-0.2, 0) is 14.6 Å². The van der Waals surface area contributed by atoms with E-state index in [1.807, 2.05) is 32.0 Å². The zero-order valence-electron chi connectivity index (χ0n) is 13.3. The number of benzene rings is 2. The van der Waals surface area contributed by atoms with Gasteiger partial charge in [0.1, 0.15) is 5.75 Å². The Morgan fingerprint density at radius 1 is 1.04 bits per heavy atom. The van der Waals surface area contributed by atoms with Gasteiger partial charge in [-0.25, -0.2) is 8.42 Å². The van der Waals surface area contributed by atoms with Crippen LogP contribution in [0.25, 0.3) is 0 Å². The van der Waals surface area contributed by atoms with E-state index in [2.05, 4.69) is 5.32 Å². The van der Waals surface area contributed by atoms with Crippen LogP contribution in [-0.4, -0.2) is 27.2 Å². The zero-order chi connectivity index (χ0) is 17.0. The van der Waals surface area contributed by atoms with Gasteiger partial charge in [0.2, 0.25) is 0 Å². The first kappa shape index (κ1) is 17.0. The van der Waals surface area contributed by atoms with Crippen molar-refractivity contribution in [2.24, 2.45) is 0 Å². The van der Waals surface area contributed by atoms with Crippen LogP contribution >= 0.6 is 0 Å². The summed E-state index contributed by atoms with van der Waals surface area (Å²) in [4.78, 5) is 12.1. The Bertz CT molecular complexity index is 791. The van der Waals surface area contributed by atoms with Crippen molar-refractivity contribution < 1.29 is 17.9 Å². The summed E-state index contributed by atoms with van der Waals surface area (Å²) < 4.78 is 28.1. The Hall–Kier alpha value is -2.34. The Balaban J connectivity index is 1.94. The van der Waals surface area contributed by atoms with Crippen molar-refractivity contribution in [3.63, 3.8) is 0 Å². The molecule has 122 valence electrons. The van der Waals surface area contributed by atoms with Gasteiger partial charge in [0.25, 0.3) is 5.91 Å². The summed E-state index contributed by atoms with van der Waals surface area (Å²) in [7, 11) is -3.23. The van der Waals surface area contributed by atoms with E-state index in [1.165, 1.54) is 24.3 Å². The maximum absolute atomic E-state index is 11.9. The summed E-state index contributed by atoms with van der Waals surface area (Å²) in [6.45, 7) is 3.77. The molecule has 0 radical (unpaired) electrons. The van der Waals surface area contributed by atoms with Crippen molar-refractivity contribution in [2.75, 3.05) is 18.2 Å². The standard InChI is InChI=1S/C17H19NO4S/c1-12-8-13(2)10-14(9-12)18-17(19)11-22-15-4-6-16(7-5-15)23(3,20)21/h4-10H,11H2,1-3H3,(H,18,19). The number of aryl methyl sites for hydroxylation is 2. The van der Waals surface area contributed by atoms with Crippen LogP contribution in [0.5, 0.6) is 5.75 Å². The minimum absolute atomic E-state index is 0.148. The molecule has 0 aromatic heterocycles. The lowest BCUT2D eigenvalue weighted by atomic mass is 10.1. The van der Waals surface area contributed by atoms with E-state index in [9.17, 15) is 13.2 Å². The van der Waals surface area contributed by atoms with Gasteiger partial charge in [-0.05, 0) is 61.4 Å². The van der Waals surface area contributed by atoms with Crippen LogP contribution in [0.3, 0.4) is 0 Å². The van der Waals surface area contributed by atoms with Crippen LogP contribution in [0.15, 0.2) is 47.4 Å². The maximum atomic E-state index is 11.9. The van der Waals surface area contributed by atoms with Gasteiger partial charge in [-0.2, -0.15) is 0 Å². The highest BCUT2D eigenvalue weighted by molar-refractivity contribution is 7.90. The van der Waals surface area contributed by atoms with E-state index in [4.69, 9.17) is 4.74 Å². The fourth-order valence-electron chi connectivity index (χ4n) is 2.18. The van der Waals surface area contributed by atoms with Crippen molar-refractivity contribution in [3.8, 4) is 5.75 Å². The molecule has 0 unspecified atom stereocenters. The van der Waals surface area contributed by atoms with Gasteiger partial charge in [-0.1, -0.05) is 6.07 Å². The largest absolute Gasteiger partial charge is 0.484 e. The highest BCUT2D eigenvalue weighted by Crippen LogP contribution is 2.16. The van der Waals surface area contributed by atoms with Crippen molar-refractivity contribution >= 4 is 21.4 Å². The van der Waals surface area contributed by atoms with Gasteiger partial charge in [0.15, 0.2) is 16.4 Å². The summed E-state index contributed by atoms with van der Waals surface area (Å²) >= 11 is 0. The molecule has 0 spiro atoms. The second kappa shape index (κ2) is 6.83. The van der Waals surface area contributed by atoms with Gasteiger partial charge < -0.3 is 10.1 Å². The lowest BCUT2D eigenvalue weighted by Gasteiger charge is -2.09. The Morgan fingerprint density at radius 2 is 1.61 bits per heavy atom. The first-order valence-electron chi connectivity index (χ1n) is 7.05. The fourth-order valence-corrected chi connectivity index (χ4v) is 2.81. The van der Waals surface area contributed by atoms with Gasteiger partial charge in [-0.15, -0.1) is 0 Å². The molecule has 0 bridgehead atoms. The van der Waals surface area contributed by atoms with E-state index in [0.717, 1.165) is 23.1 Å². The third-order valence-electron chi connectivity index (χ3n) is 3.13. The molecule has 0 saturated heterocycles. The summed E-state index contributed by atoms with van der Waals surface area (Å²) in [6.07, 6.45) is 1.14. The molecule has 5 nitrogen and oxygen atoms in total. The number of ether oxygens (including phenoxy) is 1. The quantitative estimate of drug-likeness (QED) is 0.913. The van der Waals surface area contributed by atoms with Crippen LogP contribution in [0.1, 0.15) is 11.1 Å². The SMILES string of the molecule is Cc1cc(C)cc(NC(=O)COc2ccc(S(C)(=O)=O)cc2)c1. The predicted molar refractivity (Wildman–Crippen MR) is 89.6 cm³/mol. The summed E-state index contributed by atoms with van der Waals surface area (Å²) in [5, 5.41) is 2.77. The van der Waals surface area contributed by atoms with E-state index >= 15 is 0 Å². The van der Waals surface area contributed by atoms with E-state index < -0.39 is 9.84 Å². The molecule has 0 heterocycles. The molecular weight excluding hydrogens is 314 g/mol. The molecule has 2 rings (SSSR count). The Kier molecular flexibility index (Phi) is 5.05. The minimum atomic E-state index is -3.23. The molecule has 6 heteroatoms. The molecule has 23 heavy (non-hydrogen) atoms. The number of carbonyl (C=O) groups excluding carboxylic acids is 1. The predicted octanol–water partition coefficient (Wildman–Crippen LogP) is 2.72. The highest BCUT2D eigenvalue weighted by Gasteiger charge is 2.08. The summed E-state index contributed by atoms with van der Waals surface area (Å²) in [5.41, 5.74) is 2.86. The van der Waals surface area contributed by atoms with Crippen molar-refractivity contribution in [2.45, 2.75) is 18.7 Å². The van der Waals surface area contributed by atoms with E-state index in [-0.39, 0.29) is 17.4 Å². The number of amides is 1. The lowest BCUT2D eigenvalue weighted by Crippen LogP contribution is -2.20. The molecule has 2 aromatic rings. The molecular formula is C17H19NO4S. The third-order valence-corrected chi connectivity index (χ3v) is 4.26. The van der Waals surface area contributed by atoms with Gasteiger partial charge >= 0.3 is 0 Å². The number of carbonyl (C=O) groups is 1. The average molecular weight is 333 g/mol. The number of sulfone groups is 1. The fraction of sp³-hybridized carbons (Fsp3) is 0.235. The van der Waals surface area contributed by atoms with Crippen LogP contribution < -0.4 is 10.1 Å². The summed E-state index contributed by atoms with van der Waals surface area (Å²) in [6, 6.07) is 11.7. The molecule has 0 saturated carbocycles. The first-order valence-corrected chi connectivity index (χ1v) is 8.94. The molecule has 1 amide bonds. The minimum Gasteiger partial charge on any atom is -0.484 e. The lowest BCUT2D eigenvalue weighted by molar-refractivity contribution is -0.118. The normalized spacial score (nSPS) is 11.1. The van der Waals surface area contributed by atoms with Crippen molar-refractivity contribution in [3.05, 3.63) is 53.6 Å². The molecule has 0 aliphatic carbocycles. The Labute approximate surface area is 136 Å². The third kappa shape index (κ3) is 5.10. The number of anilines is 1. The zero-order valence-corrected chi connectivity index (χ0v) is 14.1. The molecule has 2 aromatic carbocycles. The van der Waals surface area contributed by atoms with Gasteiger partial charge in [0.05, 0.1) is 4.90 Å². The monoisotopic (exact) mass is 333 g/mol. The van der Waals surface area contributed by atoms with Crippen LogP contribution in [0.2, 0.25) is 0 Å². The molecule has 0 aliphatic heterocycles. The van der Waals surface area contributed by atoms with E-state index in [0.29, 0.717) is 5.75 Å². The molecule has 0 fully saturated rings. The maximum Gasteiger partial charge on any atom is 0.262 e. The second-order valence-electron chi connectivity index (χ2n) is 5.46. The number of rotatable bonds is 5. The van der Waals surface area contributed by atoms with Gasteiger partial charge in [0, 0.05) is 11.9 Å². The highest BCUT2D eigenvalue weighted by atomic mass is 32.2. The number of hydrogen-bond donors (Lipinski definition) is 1. The topological polar surface area (TPSA) is 72.5 Å². The van der Waals surface area contributed by atoms with Gasteiger partial charge in [-0.3, -0.25) is 4.79 Å². The number of nitrogens with one attached hydrogen (secondary N) is 1. The van der Waals surface area contributed by atoms with Crippen LogP contribution in [0.4, 0.5) is 5.69 Å². The van der Waals surface area contributed by atoms with Crippen LogP contribution in [0, 0.1) is 13.8 Å². The average Bonchev–Trinajstić information content (AvgIpc) is 2.43. The first-order chi connectivity index (χ1) is 10.7. The van der Waals surface area contributed by atoms with Crippen molar-refractivity contribution in [1.82, 2.24) is 0 Å². The second-order valence-corrected chi connectivity index (χ2v) is 7.47. The Morgan fingerprint density at radius 3 is 2.13 bits per heavy atom. The molecule has 0 atom stereocenters. The summed E-state index contributed by atoms with van der Waals surface area (Å²) in [5.74, 6) is 0.162. The van der Waals surface area contributed by atoms with E-state index in [1.54, 1.807) is 0 Å². The number of hydrogen-bond acceptors (Lipinski definition) is 4.